The molecule has 0 radical (unpaired) electrons. The molecular weight excluding hydrogens is 316 g/mol. The Kier molecular flexibility index (Phi) is 3.71. The first kappa shape index (κ1) is 16.6. The number of likely N-dealkylation sites (tertiary alicyclic amines) is 2. The molecule has 3 aliphatic rings. The van der Waals surface area contributed by atoms with Gasteiger partial charge in [0.05, 0.1) is 6.04 Å². The van der Waals surface area contributed by atoms with Crippen LogP contribution in [-0.2, 0) is 4.79 Å². The Bertz CT molecular complexity index is 712. The minimum absolute atomic E-state index is 0.0190. The highest BCUT2D eigenvalue weighted by atomic mass is 16.2. The molecule has 2 aliphatic heterocycles. The lowest BCUT2D eigenvalue weighted by molar-refractivity contribution is -0.137. The quantitative estimate of drug-likeness (QED) is 0.828. The van der Waals surface area contributed by atoms with Crippen molar-refractivity contribution in [2.75, 3.05) is 6.54 Å². The summed E-state index contributed by atoms with van der Waals surface area (Å²) in [5.74, 6) is 0.221. The first-order valence-corrected chi connectivity index (χ1v) is 9.48. The minimum atomic E-state index is 0.0190. The lowest BCUT2D eigenvalue weighted by Gasteiger charge is -2.49. The van der Waals surface area contributed by atoms with Crippen LogP contribution in [0.25, 0.3) is 0 Å². The number of nitrogens with zero attached hydrogens (tertiary/aromatic N) is 4. The van der Waals surface area contributed by atoms with E-state index in [0.29, 0.717) is 12.2 Å². The third-order valence-electron chi connectivity index (χ3n) is 6.68. The van der Waals surface area contributed by atoms with Gasteiger partial charge in [0.15, 0.2) is 0 Å². The van der Waals surface area contributed by atoms with Gasteiger partial charge in [-0.2, -0.15) is 5.10 Å². The average Bonchev–Trinajstić information content (AvgIpc) is 3.14. The smallest absolute Gasteiger partial charge is 0.272 e. The number of hydrogen-bond donors (Lipinski definition) is 0. The highest BCUT2D eigenvalue weighted by molar-refractivity contribution is 5.93. The second-order valence-corrected chi connectivity index (χ2v) is 8.46. The van der Waals surface area contributed by atoms with Crippen LogP contribution >= 0.6 is 0 Å². The molecule has 3 fully saturated rings. The minimum Gasteiger partial charge on any atom is -0.337 e. The van der Waals surface area contributed by atoms with Gasteiger partial charge < -0.3 is 9.80 Å². The van der Waals surface area contributed by atoms with Crippen LogP contribution in [-0.4, -0.2) is 56.1 Å². The van der Waals surface area contributed by atoms with E-state index in [4.69, 9.17) is 0 Å². The highest BCUT2D eigenvalue weighted by Gasteiger charge is 2.61. The first-order valence-electron chi connectivity index (χ1n) is 9.48. The number of hydrogen-bond acceptors (Lipinski definition) is 3. The normalized spacial score (nSPS) is 33.9. The zero-order chi connectivity index (χ0) is 17.9. The SMILES string of the molecule is CC(=O)N1C[C@@H]2C[C@@]3(C)[C@H](CCC[C@@H]13)N2C(=O)c1ccnn1C(C)C. The molecule has 4 atom stereocenters. The number of carbonyl (C=O) groups is 2. The summed E-state index contributed by atoms with van der Waals surface area (Å²) in [6.07, 6.45) is 5.90. The fourth-order valence-corrected chi connectivity index (χ4v) is 5.68. The van der Waals surface area contributed by atoms with Gasteiger partial charge >= 0.3 is 0 Å². The molecule has 1 saturated carbocycles. The van der Waals surface area contributed by atoms with Gasteiger partial charge in [-0.25, -0.2) is 0 Å². The maximum absolute atomic E-state index is 13.5. The third kappa shape index (κ3) is 2.26. The van der Waals surface area contributed by atoms with Crippen LogP contribution < -0.4 is 0 Å². The lowest BCUT2D eigenvalue weighted by atomic mass is 9.66. The molecule has 6 nitrogen and oxygen atoms in total. The average molecular weight is 344 g/mol. The zero-order valence-corrected chi connectivity index (χ0v) is 15.6. The summed E-state index contributed by atoms with van der Waals surface area (Å²) in [5.41, 5.74) is 0.688. The topological polar surface area (TPSA) is 58.4 Å². The molecule has 1 aromatic heterocycles. The van der Waals surface area contributed by atoms with Crippen molar-refractivity contribution in [2.24, 2.45) is 5.41 Å². The highest BCUT2D eigenvalue weighted by Crippen LogP contribution is 2.54. The summed E-state index contributed by atoms with van der Waals surface area (Å²) in [4.78, 5) is 29.8. The van der Waals surface area contributed by atoms with Crippen molar-refractivity contribution in [3.63, 3.8) is 0 Å². The Morgan fingerprint density at radius 3 is 2.68 bits per heavy atom. The molecule has 6 heteroatoms. The van der Waals surface area contributed by atoms with Gasteiger partial charge in [0, 0.05) is 43.2 Å². The molecule has 0 unspecified atom stereocenters. The van der Waals surface area contributed by atoms with Crippen molar-refractivity contribution in [1.29, 1.82) is 0 Å². The monoisotopic (exact) mass is 344 g/mol. The van der Waals surface area contributed by atoms with E-state index in [1.807, 2.05) is 29.5 Å². The molecule has 1 aromatic rings. The standard InChI is InChI=1S/C19H28N4O2/c1-12(2)23-15(8-9-20-23)18(25)22-14-10-19(4)16(6-5-7-17(19)22)21(11-14)13(3)24/h8-9,12,14,16-17H,5-7,10-11H2,1-4H3/t14-,16+,17-,19+/m0/s1. The molecule has 136 valence electrons. The van der Waals surface area contributed by atoms with Gasteiger partial charge in [-0.15, -0.1) is 0 Å². The van der Waals surface area contributed by atoms with Gasteiger partial charge in [0.2, 0.25) is 5.91 Å². The zero-order valence-electron chi connectivity index (χ0n) is 15.6. The van der Waals surface area contributed by atoms with E-state index in [-0.39, 0.29) is 41.4 Å². The summed E-state index contributed by atoms with van der Waals surface area (Å²) in [6.45, 7) is 8.71. The molecule has 2 saturated heterocycles. The molecule has 1 aliphatic carbocycles. The maximum Gasteiger partial charge on any atom is 0.272 e. The molecule has 0 N–H and O–H groups in total. The fourth-order valence-electron chi connectivity index (χ4n) is 5.68. The number of amides is 2. The van der Waals surface area contributed by atoms with Crippen molar-refractivity contribution in [3.05, 3.63) is 18.0 Å². The van der Waals surface area contributed by atoms with E-state index in [0.717, 1.165) is 25.7 Å². The van der Waals surface area contributed by atoms with Crippen molar-refractivity contribution in [1.82, 2.24) is 19.6 Å². The van der Waals surface area contributed by atoms with E-state index in [1.165, 1.54) is 0 Å². The number of rotatable bonds is 2. The predicted octanol–water partition coefficient (Wildman–Crippen LogP) is 2.47. The van der Waals surface area contributed by atoms with Crippen LogP contribution in [0.5, 0.6) is 0 Å². The van der Waals surface area contributed by atoms with E-state index in [2.05, 4.69) is 16.9 Å². The van der Waals surface area contributed by atoms with Gasteiger partial charge in [-0.1, -0.05) is 6.92 Å². The van der Waals surface area contributed by atoms with Crippen molar-refractivity contribution < 1.29 is 9.59 Å². The maximum atomic E-state index is 13.5. The van der Waals surface area contributed by atoms with Crippen molar-refractivity contribution in [2.45, 2.75) is 77.5 Å². The molecule has 0 aromatic carbocycles. The van der Waals surface area contributed by atoms with Crippen LogP contribution in [0.15, 0.2) is 12.3 Å². The summed E-state index contributed by atoms with van der Waals surface area (Å²) >= 11 is 0. The van der Waals surface area contributed by atoms with Crippen LogP contribution in [0.1, 0.15) is 69.9 Å². The fraction of sp³-hybridized carbons (Fsp3) is 0.737. The number of piperidine rings is 1. The Hall–Kier alpha value is -1.85. The lowest BCUT2D eigenvalue weighted by Crippen LogP contribution is -2.57. The van der Waals surface area contributed by atoms with Crippen LogP contribution in [0.3, 0.4) is 0 Å². The Morgan fingerprint density at radius 1 is 1.28 bits per heavy atom. The second-order valence-electron chi connectivity index (χ2n) is 8.46. The molecule has 25 heavy (non-hydrogen) atoms. The molecular formula is C19H28N4O2. The Balaban J connectivity index is 1.73. The van der Waals surface area contributed by atoms with E-state index in [9.17, 15) is 9.59 Å². The third-order valence-corrected chi connectivity index (χ3v) is 6.68. The van der Waals surface area contributed by atoms with Crippen LogP contribution in [0.2, 0.25) is 0 Å². The predicted molar refractivity (Wildman–Crippen MR) is 94.1 cm³/mol. The van der Waals surface area contributed by atoms with Crippen LogP contribution in [0.4, 0.5) is 0 Å². The Labute approximate surface area is 149 Å². The number of fused-ring (bicyclic) bond motifs is 1. The van der Waals surface area contributed by atoms with E-state index < -0.39 is 0 Å². The van der Waals surface area contributed by atoms with Gasteiger partial charge in [0.25, 0.3) is 5.91 Å². The van der Waals surface area contributed by atoms with Gasteiger partial charge in [-0.3, -0.25) is 14.3 Å². The summed E-state index contributed by atoms with van der Waals surface area (Å²) in [6, 6.07) is 2.60. The second kappa shape index (κ2) is 5.58. The molecule has 4 rings (SSSR count). The van der Waals surface area contributed by atoms with Crippen LogP contribution in [0, 0.1) is 5.41 Å². The number of aromatic nitrogens is 2. The molecule has 3 heterocycles. The van der Waals surface area contributed by atoms with Crippen molar-refractivity contribution >= 4 is 11.8 Å². The largest absolute Gasteiger partial charge is 0.337 e. The Morgan fingerprint density at radius 2 is 2.00 bits per heavy atom. The molecule has 2 bridgehead atoms. The van der Waals surface area contributed by atoms with Gasteiger partial charge in [-0.05, 0) is 45.6 Å². The van der Waals surface area contributed by atoms with E-state index >= 15 is 0 Å². The summed E-state index contributed by atoms with van der Waals surface area (Å²) < 4.78 is 1.82. The van der Waals surface area contributed by atoms with Gasteiger partial charge in [0.1, 0.15) is 5.69 Å². The number of carbonyl (C=O) groups excluding carboxylic acids is 2. The molecule has 0 spiro atoms. The van der Waals surface area contributed by atoms with E-state index in [1.54, 1.807) is 13.1 Å². The molecule has 2 amide bonds. The summed E-state index contributed by atoms with van der Waals surface area (Å²) in [5, 5.41) is 4.34. The van der Waals surface area contributed by atoms with Crippen molar-refractivity contribution in [3.8, 4) is 0 Å². The summed E-state index contributed by atoms with van der Waals surface area (Å²) in [7, 11) is 0. The first-order chi connectivity index (χ1) is 11.8.